The smallest absolute Gasteiger partial charge is 0.870 e. The first-order valence-electron chi connectivity index (χ1n) is 0. The van der Waals surface area contributed by atoms with Gasteiger partial charge in [-0.05, 0) is 0 Å². The molecule has 46 valence electrons. The zero-order chi connectivity index (χ0) is 0. The van der Waals surface area contributed by atoms with Crippen LogP contribution in [0.15, 0.2) is 0 Å². The maximum Gasteiger partial charge on any atom is 2.00 e. The van der Waals surface area contributed by atoms with Gasteiger partial charge in [0.2, 0.25) is 0 Å². The third-order valence-corrected chi connectivity index (χ3v) is 0. The van der Waals surface area contributed by atoms with Crippen LogP contribution < -0.4 is 0 Å². The van der Waals surface area contributed by atoms with Crippen molar-refractivity contribution < 1.29 is 27.4 Å². The van der Waals surface area contributed by atoms with Crippen LogP contribution in [0.3, 0.4) is 0 Å². The van der Waals surface area contributed by atoms with Crippen molar-refractivity contribution in [1.29, 1.82) is 0 Å². The summed E-state index contributed by atoms with van der Waals surface area (Å²) in [5, 5.41) is 0. The Morgan fingerprint density at radius 3 is 0.444 bits per heavy atom. The summed E-state index contributed by atoms with van der Waals surface area (Å²) in [6, 6.07) is 0. The molecule has 0 bridgehead atoms. The first-order chi connectivity index (χ1) is 0. The fourth-order valence-corrected chi connectivity index (χ4v) is 0. The third kappa shape index (κ3) is 87.5. The van der Waals surface area contributed by atoms with Gasteiger partial charge in [0.05, 0.1) is 0 Å². The van der Waals surface area contributed by atoms with Gasteiger partial charge >= 0.3 is 75.5 Å². The molecule has 0 spiro atoms. The van der Waals surface area contributed by atoms with Crippen LogP contribution in [0.2, 0.25) is 0 Å². The predicted molar refractivity (Wildman–Crippen MR) is 34.4 cm³/mol. The second-order valence-corrected chi connectivity index (χ2v) is 0. The Hall–Kier alpha value is 3.38. The summed E-state index contributed by atoms with van der Waals surface area (Å²) in [5.74, 6) is 0. The Labute approximate surface area is 135 Å². The van der Waals surface area contributed by atoms with Crippen molar-refractivity contribution in [2.45, 2.75) is 0 Å². The average Bonchev–Trinajstić information content (AvgIpc) is 0. The molecule has 9 heteroatoms. The normalized spacial score (nSPS) is 0. The van der Waals surface area contributed by atoms with Crippen LogP contribution in [0.4, 0.5) is 0 Å². The van der Waals surface area contributed by atoms with Crippen LogP contribution in [0, 0.1) is 0 Å². The van der Waals surface area contributed by atoms with E-state index >= 15 is 0 Å². The number of hydrogen-bond donors (Lipinski definition) is 0. The average molecular weight is 220 g/mol. The predicted octanol–water partition coefficient (Wildman–Crippen LogP) is -3.06. The monoisotopic (exact) mass is 220 g/mol. The molecule has 0 saturated heterocycles. The van der Waals surface area contributed by atoms with E-state index in [1.54, 1.807) is 0 Å². The summed E-state index contributed by atoms with van der Waals surface area (Å²) in [6.45, 7) is 0. The van der Waals surface area contributed by atoms with E-state index in [4.69, 9.17) is 0 Å². The van der Waals surface area contributed by atoms with Crippen LogP contribution in [-0.4, -0.2) is 138 Å². The third-order valence-electron chi connectivity index (χ3n) is 0. The molecule has 0 fully saturated rings. The standard InChI is InChI=1S/2Al.2Ca.5H2O/h;;;;5*1H2/q;;2*+2;;;;;/p-4. The van der Waals surface area contributed by atoms with Crippen molar-refractivity contribution in [2.75, 3.05) is 0 Å². The summed E-state index contributed by atoms with van der Waals surface area (Å²) in [7, 11) is 0. The van der Waals surface area contributed by atoms with E-state index in [0.717, 1.165) is 0 Å². The van der Waals surface area contributed by atoms with Crippen molar-refractivity contribution in [3.8, 4) is 0 Å². The van der Waals surface area contributed by atoms with E-state index in [2.05, 4.69) is 0 Å². The molecule has 6 N–H and O–H groups in total. The van der Waals surface area contributed by atoms with Crippen LogP contribution in [-0.2, 0) is 0 Å². The molecular weight excluding hydrogens is 214 g/mol. The first-order valence-corrected chi connectivity index (χ1v) is 0. The van der Waals surface area contributed by atoms with Gasteiger partial charge in [0.1, 0.15) is 0 Å². The van der Waals surface area contributed by atoms with Crippen LogP contribution in [0.1, 0.15) is 0 Å². The van der Waals surface area contributed by atoms with Crippen molar-refractivity contribution in [2.24, 2.45) is 0 Å². The fourth-order valence-electron chi connectivity index (χ4n) is 0. The topological polar surface area (TPSA) is 152 Å². The number of hydrogen-bond acceptors (Lipinski definition) is 4. The van der Waals surface area contributed by atoms with Crippen molar-refractivity contribution in [3.63, 3.8) is 0 Å². The maximum atomic E-state index is 0. The van der Waals surface area contributed by atoms with Gasteiger partial charge in [-0.3, -0.25) is 0 Å². The minimum Gasteiger partial charge on any atom is -0.870 e. The quantitative estimate of drug-likeness (QED) is 0.398. The van der Waals surface area contributed by atoms with Crippen molar-refractivity contribution in [3.05, 3.63) is 0 Å². The summed E-state index contributed by atoms with van der Waals surface area (Å²) >= 11 is 0. The van der Waals surface area contributed by atoms with E-state index in [1.165, 1.54) is 0 Å². The Morgan fingerprint density at radius 1 is 0.444 bits per heavy atom. The Morgan fingerprint density at radius 2 is 0.444 bits per heavy atom. The maximum absolute atomic E-state index is 0. The zero-order valence-corrected chi connectivity index (χ0v) is 11.6. The minimum absolute atomic E-state index is 0. The molecule has 5 nitrogen and oxygen atoms in total. The SMILES string of the molecule is O.[Al].[Al].[Ca+2].[Ca+2].[OH-].[OH-].[OH-].[OH-]. The molecule has 0 atom stereocenters. The van der Waals surface area contributed by atoms with E-state index < -0.39 is 0 Å². The minimum atomic E-state index is 0. The Kier molecular flexibility index (Phi) is 1670. The van der Waals surface area contributed by atoms with Gasteiger partial charge in [-0.2, -0.15) is 0 Å². The molecule has 0 aromatic heterocycles. The molecule has 0 aromatic carbocycles. The van der Waals surface area contributed by atoms with E-state index in [9.17, 15) is 0 Å². The van der Waals surface area contributed by atoms with Crippen LogP contribution >= 0.6 is 0 Å². The van der Waals surface area contributed by atoms with Gasteiger partial charge in [0, 0.05) is 34.7 Å². The van der Waals surface area contributed by atoms with Crippen molar-refractivity contribution >= 4 is 110 Å². The molecule has 0 rings (SSSR count). The van der Waals surface area contributed by atoms with Gasteiger partial charge < -0.3 is 27.4 Å². The number of rotatable bonds is 0. The van der Waals surface area contributed by atoms with Gasteiger partial charge in [-0.1, -0.05) is 0 Å². The Balaban J connectivity index is 0. The largest absolute Gasteiger partial charge is 2.00 e. The molecule has 6 radical (unpaired) electrons. The summed E-state index contributed by atoms with van der Waals surface area (Å²) in [6.07, 6.45) is 0. The van der Waals surface area contributed by atoms with E-state index in [0.29, 0.717) is 0 Å². The molecule has 9 heavy (non-hydrogen) atoms. The van der Waals surface area contributed by atoms with Gasteiger partial charge in [0.25, 0.3) is 0 Å². The molecule has 0 saturated carbocycles. The van der Waals surface area contributed by atoms with E-state index in [-0.39, 0.29) is 138 Å². The molecule has 0 heterocycles. The second kappa shape index (κ2) is 107. The van der Waals surface area contributed by atoms with Gasteiger partial charge in [-0.25, -0.2) is 0 Å². The van der Waals surface area contributed by atoms with Gasteiger partial charge in [-0.15, -0.1) is 0 Å². The molecule has 0 aliphatic heterocycles. The summed E-state index contributed by atoms with van der Waals surface area (Å²) in [4.78, 5) is 0. The second-order valence-electron chi connectivity index (χ2n) is 0. The summed E-state index contributed by atoms with van der Waals surface area (Å²) < 4.78 is 0. The zero-order valence-electron chi connectivity index (χ0n) is 4.86. The van der Waals surface area contributed by atoms with Gasteiger partial charge in [0.15, 0.2) is 0 Å². The molecule has 0 unspecified atom stereocenters. The fraction of sp³-hybridized carbons (Fsp3) is 0. The molecular formula is H6Al2Ca2O5. The molecule has 0 aromatic rings. The molecule has 0 amide bonds. The summed E-state index contributed by atoms with van der Waals surface area (Å²) in [5.41, 5.74) is 0. The van der Waals surface area contributed by atoms with E-state index in [1.807, 2.05) is 0 Å². The first kappa shape index (κ1) is 140. The van der Waals surface area contributed by atoms with Crippen molar-refractivity contribution in [1.82, 2.24) is 0 Å². The Bertz CT molecular complexity index is 12.9. The molecule has 0 aliphatic carbocycles. The molecule has 0 aliphatic rings. The van der Waals surface area contributed by atoms with Crippen LogP contribution in [0.5, 0.6) is 0 Å². The van der Waals surface area contributed by atoms with Crippen LogP contribution in [0.25, 0.3) is 0 Å².